The van der Waals surface area contributed by atoms with Crippen LogP contribution in [0.25, 0.3) is 0 Å². The maximum Gasteiger partial charge on any atom is 0.310 e. The van der Waals surface area contributed by atoms with Gasteiger partial charge in [0.15, 0.2) is 0 Å². The quantitative estimate of drug-likeness (QED) is 0.522. The standard InChI is InChI=1S/C6H8N2O.C4H6O3/c1-4-3-6(9)8-5(2)7-4;1-3(5)7-4(2)6/h3H,1-2H3,(H,7,8,9);1-2H3. The lowest BCUT2D eigenvalue weighted by atomic mass is 10.4. The average Bonchev–Trinajstić information content (AvgIpc) is 1.97. The molecule has 0 radical (unpaired) electrons. The molecule has 1 rings (SSSR count). The van der Waals surface area contributed by atoms with Crippen molar-refractivity contribution in [3.05, 3.63) is 17.6 Å². The van der Waals surface area contributed by atoms with Crippen molar-refractivity contribution in [3.63, 3.8) is 0 Å². The molecule has 0 aromatic carbocycles. The van der Waals surface area contributed by atoms with Gasteiger partial charge in [-0.2, -0.15) is 4.98 Å². The van der Waals surface area contributed by atoms with Crippen molar-refractivity contribution < 1.29 is 19.4 Å². The van der Waals surface area contributed by atoms with Crippen molar-refractivity contribution in [2.45, 2.75) is 27.7 Å². The van der Waals surface area contributed by atoms with Gasteiger partial charge in [0.05, 0.1) is 0 Å². The molecule has 0 bridgehead atoms. The third-order valence-electron chi connectivity index (χ3n) is 1.24. The summed E-state index contributed by atoms with van der Waals surface area (Å²) in [6.07, 6.45) is 0. The number of aryl methyl sites for hydroxylation is 2. The summed E-state index contributed by atoms with van der Waals surface area (Å²) in [5.74, 6) is -0.479. The van der Waals surface area contributed by atoms with E-state index < -0.39 is 11.9 Å². The van der Waals surface area contributed by atoms with Gasteiger partial charge in [-0.05, 0) is 13.8 Å². The average molecular weight is 226 g/mol. The molecule has 0 spiro atoms. The van der Waals surface area contributed by atoms with E-state index >= 15 is 0 Å². The van der Waals surface area contributed by atoms with Gasteiger partial charge in [-0.15, -0.1) is 0 Å². The van der Waals surface area contributed by atoms with Crippen molar-refractivity contribution in [1.82, 2.24) is 9.97 Å². The van der Waals surface area contributed by atoms with Gasteiger partial charge in [0.2, 0.25) is 5.88 Å². The first kappa shape index (κ1) is 14.0. The molecule has 0 atom stereocenters. The smallest absolute Gasteiger partial charge is 0.310 e. The summed E-state index contributed by atoms with van der Waals surface area (Å²) in [6.45, 7) is 5.92. The molecule has 0 aliphatic rings. The number of carbonyl (C=O) groups excluding carboxylic acids is 2. The lowest BCUT2D eigenvalue weighted by molar-refractivity contribution is -0.156. The van der Waals surface area contributed by atoms with Gasteiger partial charge in [-0.3, -0.25) is 9.59 Å². The molecule has 0 aliphatic heterocycles. The van der Waals surface area contributed by atoms with E-state index in [-0.39, 0.29) is 5.88 Å². The fourth-order valence-electron chi connectivity index (χ4n) is 0.900. The number of aromatic nitrogens is 2. The summed E-state index contributed by atoms with van der Waals surface area (Å²) in [6, 6.07) is 1.52. The van der Waals surface area contributed by atoms with Crippen LogP contribution in [0.4, 0.5) is 0 Å². The van der Waals surface area contributed by atoms with Gasteiger partial charge in [0.1, 0.15) is 5.82 Å². The highest BCUT2D eigenvalue weighted by Crippen LogP contribution is 2.04. The maximum atomic E-state index is 9.81. The number of nitrogens with zero attached hydrogens (tertiary/aromatic N) is 2. The Balaban J connectivity index is 0.000000293. The lowest BCUT2D eigenvalue weighted by Crippen LogP contribution is -2.03. The zero-order valence-electron chi connectivity index (χ0n) is 9.64. The number of hydrogen-bond acceptors (Lipinski definition) is 6. The SMILES string of the molecule is CC(=O)OC(C)=O.Cc1cc(O)nc(C)n1. The molecule has 0 fully saturated rings. The molecular formula is C10H14N2O4. The van der Waals surface area contributed by atoms with Crippen LogP contribution in [-0.2, 0) is 14.3 Å². The highest BCUT2D eigenvalue weighted by molar-refractivity contribution is 5.82. The third-order valence-corrected chi connectivity index (χ3v) is 1.24. The summed E-state index contributed by atoms with van der Waals surface area (Å²) < 4.78 is 3.97. The van der Waals surface area contributed by atoms with Crippen LogP contribution < -0.4 is 0 Å². The summed E-state index contributed by atoms with van der Waals surface area (Å²) in [7, 11) is 0. The molecule has 1 aromatic heterocycles. The van der Waals surface area contributed by atoms with Gasteiger partial charge < -0.3 is 9.84 Å². The predicted molar refractivity (Wildman–Crippen MR) is 55.6 cm³/mol. The number of aromatic hydroxyl groups is 1. The molecule has 0 saturated carbocycles. The molecule has 1 heterocycles. The van der Waals surface area contributed by atoms with E-state index in [9.17, 15) is 9.59 Å². The Labute approximate surface area is 93.3 Å². The van der Waals surface area contributed by atoms with Gasteiger partial charge in [0, 0.05) is 25.6 Å². The fourth-order valence-corrected chi connectivity index (χ4v) is 0.900. The Morgan fingerprint density at radius 1 is 1.19 bits per heavy atom. The maximum absolute atomic E-state index is 9.81. The Morgan fingerprint density at radius 3 is 1.94 bits per heavy atom. The van der Waals surface area contributed by atoms with E-state index in [2.05, 4.69) is 14.7 Å². The minimum Gasteiger partial charge on any atom is -0.493 e. The van der Waals surface area contributed by atoms with E-state index in [1.807, 2.05) is 6.92 Å². The number of hydrogen-bond donors (Lipinski definition) is 1. The van der Waals surface area contributed by atoms with Crippen molar-refractivity contribution in [1.29, 1.82) is 0 Å². The monoisotopic (exact) mass is 226 g/mol. The van der Waals surface area contributed by atoms with Crippen LogP contribution in [0.2, 0.25) is 0 Å². The Morgan fingerprint density at radius 2 is 1.69 bits per heavy atom. The molecule has 0 saturated heterocycles. The highest BCUT2D eigenvalue weighted by atomic mass is 16.6. The van der Waals surface area contributed by atoms with E-state index in [1.54, 1.807) is 6.92 Å². The van der Waals surface area contributed by atoms with Crippen LogP contribution in [0.15, 0.2) is 6.07 Å². The zero-order valence-corrected chi connectivity index (χ0v) is 9.64. The number of esters is 2. The van der Waals surface area contributed by atoms with Crippen LogP contribution in [0.3, 0.4) is 0 Å². The molecule has 16 heavy (non-hydrogen) atoms. The van der Waals surface area contributed by atoms with Crippen molar-refractivity contribution in [3.8, 4) is 5.88 Å². The Hall–Kier alpha value is -1.98. The minimum absolute atomic E-state index is 0.0417. The minimum atomic E-state index is -0.562. The van der Waals surface area contributed by atoms with Crippen molar-refractivity contribution in [2.75, 3.05) is 0 Å². The van der Waals surface area contributed by atoms with E-state index in [4.69, 9.17) is 5.11 Å². The summed E-state index contributed by atoms with van der Waals surface area (Å²) in [5.41, 5.74) is 0.792. The molecular weight excluding hydrogens is 212 g/mol. The number of carbonyl (C=O) groups is 2. The van der Waals surface area contributed by atoms with Crippen LogP contribution in [0, 0.1) is 13.8 Å². The fraction of sp³-hybridized carbons (Fsp3) is 0.400. The van der Waals surface area contributed by atoms with Crippen LogP contribution in [-0.4, -0.2) is 27.0 Å². The van der Waals surface area contributed by atoms with Gasteiger partial charge >= 0.3 is 11.9 Å². The molecule has 1 N–H and O–H groups in total. The second-order valence-corrected chi connectivity index (χ2v) is 3.00. The molecule has 1 aromatic rings. The summed E-state index contributed by atoms with van der Waals surface area (Å²) in [4.78, 5) is 27.3. The molecule has 6 nitrogen and oxygen atoms in total. The van der Waals surface area contributed by atoms with Crippen LogP contribution in [0.5, 0.6) is 5.88 Å². The second-order valence-electron chi connectivity index (χ2n) is 3.00. The van der Waals surface area contributed by atoms with Gasteiger partial charge in [-0.25, -0.2) is 4.98 Å². The molecule has 0 amide bonds. The first-order chi connectivity index (χ1) is 7.31. The first-order valence-electron chi connectivity index (χ1n) is 4.51. The van der Waals surface area contributed by atoms with E-state index in [0.717, 1.165) is 5.69 Å². The predicted octanol–water partition coefficient (Wildman–Crippen LogP) is 0.895. The topological polar surface area (TPSA) is 89.4 Å². The summed E-state index contributed by atoms with van der Waals surface area (Å²) in [5, 5.41) is 8.84. The zero-order chi connectivity index (χ0) is 12.7. The molecule has 0 unspecified atom stereocenters. The van der Waals surface area contributed by atoms with Crippen molar-refractivity contribution in [2.24, 2.45) is 0 Å². The van der Waals surface area contributed by atoms with E-state index in [0.29, 0.717) is 5.82 Å². The first-order valence-corrected chi connectivity index (χ1v) is 4.51. The van der Waals surface area contributed by atoms with Crippen LogP contribution >= 0.6 is 0 Å². The van der Waals surface area contributed by atoms with Gasteiger partial charge in [0.25, 0.3) is 0 Å². The second kappa shape index (κ2) is 6.49. The largest absolute Gasteiger partial charge is 0.493 e. The Bertz CT molecular complexity index is 328. The Kier molecular flexibility index (Phi) is 5.69. The summed E-state index contributed by atoms with van der Waals surface area (Å²) >= 11 is 0. The van der Waals surface area contributed by atoms with Crippen LogP contribution in [0.1, 0.15) is 25.4 Å². The molecule has 88 valence electrons. The van der Waals surface area contributed by atoms with Crippen molar-refractivity contribution >= 4 is 11.9 Å². The van der Waals surface area contributed by atoms with Gasteiger partial charge in [-0.1, -0.05) is 0 Å². The normalized spacial score (nSPS) is 8.75. The lowest BCUT2D eigenvalue weighted by Gasteiger charge is -1.94. The molecule has 0 aliphatic carbocycles. The molecule has 6 heteroatoms. The number of ether oxygens (including phenoxy) is 1. The third kappa shape index (κ3) is 7.43. The highest BCUT2D eigenvalue weighted by Gasteiger charge is 1.94. The number of rotatable bonds is 0. The van der Waals surface area contributed by atoms with E-state index in [1.165, 1.54) is 19.9 Å².